The van der Waals surface area contributed by atoms with Gasteiger partial charge in [0.2, 0.25) is 11.8 Å². The maximum absolute atomic E-state index is 14.3. The van der Waals surface area contributed by atoms with Crippen LogP contribution in [0.2, 0.25) is 5.02 Å². The molecular formula is C32H40ClN3O5S2. The highest BCUT2D eigenvalue weighted by Crippen LogP contribution is 2.33. The smallest absolute Gasteiger partial charge is 0.264 e. The summed E-state index contributed by atoms with van der Waals surface area (Å²) < 4.78 is 35.3. The molecule has 0 bridgehead atoms. The molecule has 0 aliphatic heterocycles. The lowest BCUT2D eigenvalue weighted by molar-refractivity contribution is -0.141. The van der Waals surface area contributed by atoms with Crippen molar-refractivity contribution in [2.75, 3.05) is 23.7 Å². The highest BCUT2D eigenvalue weighted by molar-refractivity contribution is 7.98. The van der Waals surface area contributed by atoms with Gasteiger partial charge in [0.15, 0.2) is 0 Å². The molecule has 8 nitrogen and oxygen atoms in total. The minimum Gasteiger partial charge on any atom is -0.492 e. The number of carbonyl (C=O) groups is 2. The van der Waals surface area contributed by atoms with Crippen LogP contribution in [-0.2, 0) is 26.2 Å². The Morgan fingerprint density at radius 3 is 2.19 bits per heavy atom. The molecule has 0 spiro atoms. The van der Waals surface area contributed by atoms with Crippen LogP contribution in [0.4, 0.5) is 5.69 Å². The van der Waals surface area contributed by atoms with E-state index < -0.39 is 34.1 Å². The van der Waals surface area contributed by atoms with Crippen molar-refractivity contribution in [1.82, 2.24) is 10.2 Å². The quantitative estimate of drug-likeness (QED) is 0.217. The largest absolute Gasteiger partial charge is 0.492 e. The number of carbonyl (C=O) groups excluding carboxylic acids is 2. The van der Waals surface area contributed by atoms with Crippen LogP contribution in [0.3, 0.4) is 0 Å². The number of amides is 2. The van der Waals surface area contributed by atoms with Gasteiger partial charge in [0.1, 0.15) is 18.3 Å². The van der Waals surface area contributed by atoms with Crippen molar-refractivity contribution in [3.05, 3.63) is 83.4 Å². The minimum atomic E-state index is -4.24. The van der Waals surface area contributed by atoms with Crippen molar-refractivity contribution >= 4 is 50.9 Å². The molecule has 0 fully saturated rings. The van der Waals surface area contributed by atoms with Crippen LogP contribution in [0.15, 0.2) is 82.6 Å². The Kier molecular flexibility index (Phi) is 12.0. The molecule has 11 heteroatoms. The topological polar surface area (TPSA) is 96.0 Å². The zero-order valence-electron chi connectivity index (χ0n) is 25.5. The van der Waals surface area contributed by atoms with Gasteiger partial charge in [0.25, 0.3) is 10.0 Å². The van der Waals surface area contributed by atoms with E-state index in [0.29, 0.717) is 29.4 Å². The van der Waals surface area contributed by atoms with E-state index in [1.54, 1.807) is 67.6 Å². The minimum absolute atomic E-state index is 0.0119. The average Bonchev–Trinajstić information content (AvgIpc) is 2.96. The molecule has 0 aliphatic rings. The fourth-order valence-electron chi connectivity index (χ4n) is 4.51. The van der Waals surface area contributed by atoms with Gasteiger partial charge in [-0.1, -0.05) is 48.9 Å². The van der Waals surface area contributed by atoms with Crippen LogP contribution >= 0.6 is 23.4 Å². The number of nitrogens with zero attached hydrogens (tertiary/aromatic N) is 2. The van der Waals surface area contributed by atoms with Gasteiger partial charge in [-0.2, -0.15) is 0 Å². The number of rotatable bonds is 13. The van der Waals surface area contributed by atoms with Crippen molar-refractivity contribution < 1.29 is 22.7 Å². The van der Waals surface area contributed by atoms with Crippen molar-refractivity contribution in [1.29, 1.82) is 0 Å². The monoisotopic (exact) mass is 645 g/mol. The molecule has 0 aliphatic carbocycles. The Morgan fingerprint density at radius 2 is 1.60 bits per heavy atom. The van der Waals surface area contributed by atoms with Crippen LogP contribution < -0.4 is 14.4 Å². The second-order valence-corrected chi connectivity index (χ2v) is 14.0. The van der Waals surface area contributed by atoms with E-state index in [0.717, 1.165) is 9.20 Å². The number of sulfonamides is 1. The standard InChI is InChI=1S/C32H40ClN3O5S2/c1-7-27(31(38)34-32(3,4)5)35(21-23-13-9-10-14-26(23)33)30(37)22-36(28-15-11-12-16-29(28)41-8-2)43(39,40)25-19-17-24(42-6)18-20-25/h9-20,27H,7-8,21-22H2,1-6H3,(H,34,38)/t27-/m1/s1. The number of nitrogens with one attached hydrogen (secondary N) is 1. The third-order valence-electron chi connectivity index (χ3n) is 6.54. The summed E-state index contributed by atoms with van der Waals surface area (Å²) >= 11 is 7.97. The van der Waals surface area contributed by atoms with Crippen LogP contribution in [0, 0.1) is 0 Å². The molecule has 3 aromatic carbocycles. The summed E-state index contributed by atoms with van der Waals surface area (Å²) in [6, 6.07) is 19.4. The molecule has 1 atom stereocenters. The summed E-state index contributed by atoms with van der Waals surface area (Å²) in [6.07, 6.45) is 2.21. The van der Waals surface area contributed by atoms with Crippen LogP contribution in [0.5, 0.6) is 5.75 Å². The van der Waals surface area contributed by atoms with Crippen LogP contribution in [0.25, 0.3) is 0 Å². The maximum Gasteiger partial charge on any atom is 0.264 e. The van der Waals surface area contributed by atoms with E-state index in [2.05, 4.69) is 5.32 Å². The molecule has 232 valence electrons. The predicted octanol–water partition coefficient (Wildman–Crippen LogP) is 6.38. The summed E-state index contributed by atoms with van der Waals surface area (Å²) in [5.41, 5.74) is 0.311. The molecule has 1 N–H and O–H groups in total. The van der Waals surface area contributed by atoms with Gasteiger partial charge in [0.05, 0.1) is 17.2 Å². The van der Waals surface area contributed by atoms with E-state index in [1.165, 1.54) is 28.8 Å². The number of halogens is 1. The van der Waals surface area contributed by atoms with Gasteiger partial charge >= 0.3 is 0 Å². The summed E-state index contributed by atoms with van der Waals surface area (Å²) in [5.74, 6) is -0.587. The summed E-state index contributed by atoms with van der Waals surface area (Å²) in [4.78, 5) is 30.1. The van der Waals surface area contributed by atoms with Crippen LogP contribution in [0.1, 0.15) is 46.6 Å². The highest BCUT2D eigenvalue weighted by atomic mass is 35.5. The number of para-hydroxylation sites is 2. The van der Waals surface area contributed by atoms with E-state index in [4.69, 9.17) is 16.3 Å². The lowest BCUT2D eigenvalue weighted by Gasteiger charge is -2.35. The third kappa shape index (κ3) is 8.90. The van der Waals surface area contributed by atoms with Gasteiger partial charge in [-0.25, -0.2) is 8.42 Å². The molecule has 43 heavy (non-hydrogen) atoms. The fraction of sp³-hybridized carbons (Fsp3) is 0.375. The summed E-state index contributed by atoms with van der Waals surface area (Å²) in [7, 11) is -4.24. The van der Waals surface area contributed by atoms with Crippen molar-refractivity contribution in [2.24, 2.45) is 0 Å². The van der Waals surface area contributed by atoms with Gasteiger partial charge in [-0.15, -0.1) is 11.8 Å². The molecule has 0 radical (unpaired) electrons. The van der Waals surface area contributed by atoms with E-state index >= 15 is 0 Å². The van der Waals surface area contributed by atoms with Crippen LogP contribution in [-0.4, -0.2) is 56.1 Å². The van der Waals surface area contributed by atoms with Crippen molar-refractivity contribution in [3.63, 3.8) is 0 Å². The zero-order valence-corrected chi connectivity index (χ0v) is 27.9. The molecule has 2 amide bonds. The summed E-state index contributed by atoms with van der Waals surface area (Å²) in [5, 5.41) is 3.40. The second-order valence-electron chi connectivity index (χ2n) is 10.9. The molecule has 0 unspecified atom stereocenters. The second kappa shape index (κ2) is 15.0. The van der Waals surface area contributed by atoms with E-state index in [9.17, 15) is 18.0 Å². The SMILES string of the molecule is CCOc1ccccc1N(CC(=O)N(Cc1ccccc1Cl)[C@H](CC)C(=O)NC(C)(C)C)S(=O)(=O)c1ccc(SC)cc1. The Balaban J connectivity index is 2.14. The highest BCUT2D eigenvalue weighted by Gasteiger charge is 2.35. The predicted molar refractivity (Wildman–Crippen MR) is 174 cm³/mol. The summed E-state index contributed by atoms with van der Waals surface area (Å²) in [6.45, 7) is 8.93. The third-order valence-corrected chi connectivity index (χ3v) is 9.43. The normalized spacial score (nSPS) is 12.3. The van der Waals surface area contributed by atoms with Gasteiger partial charge in [-0.05, 0) is 88.4 Å². The maximum atomic E-state index is 14.3. The Hall–Kier alpha value is -3.21. The van der Waals surface area contributed by atoms with Gasteiger partial charge in [-0.3, -0.25) is 13.9 Å². The fourth-order valence-corrected chi connectivity index (χ4v) is 6.54. The Bertz CT molecular complexity index is 1510. The van der Waals surface area contributed by atoms with Crippen molar-refractivity contribution in [2.45, 2.75) is 69.0 Å². The Morgan fingerprint density at radius 1 is 0.977 bits per heavy atom. The molecule has 3 rings (SSSR count). The number of anilines is 1. The molecule has 0 aromatic heterocycles. The lowest BCUT2D eigenvalue weighted by atomic mass is 10.1. The van der Waals surface area contributed by atoms with Gasteiger partial charge < -0.3 is 15.0 Å². The van der Waals surface area contributed by atoms with E-state index in [1.807, 2.05) is 34.0 Å². The first kappa shape index (κ1) is 34.3. The number of benzene rings is 3. The first-order valence-electron chi connectivity index (χ1n) is 14.1. The molecule has 0 saturated carbocycles. The molecule has 0 heterocycles. The molecular weight excluding hydrogens is 606 g/mol. The average molecular weight is 646 g/mol. The zero-order chi connectivity index (χ0) is 31.8. The first-order valence-corrected chi connectivity index (χ1v) is 17.1. The number of thioether (sulfide) groups is 1. The number of ether oxygens (including phenoxy) is 1. The first-order chi connectivity index (χ1) is 20.3. The Labute approximate surface area is 264 Å². The number of hydrogen-bond donors (Lipinski definition) is 1. The lowest BCUT2D eigenvalue weighted by Crippen LogP contribution is -2.55. The van der Waals surface area contributed by atoms with Crippen molar-refractivity contribution in [3.8, 4) is 5.75 Å². The number of hydrogen-bond acceptors (Lipinski definition) is 6. The molecule has 3 aromatic rings. The van der Waals surface area contributed by atoms with E-state index in [-0.39, 0.29) is 23.0 Å². The van der Waals surface area contributed by atoms with Gasteiger partial charge in [0, 0.05) is 22.0 Å². The molecule has 0 saturated heterocycles.